The van der Waals surface area contributed by atoms with Gasteiger partial charge in [0, 0.05) is 24.7 Å². The van der Waals surface area contributed by atoms with Crippen LogP contribution in [0.15, 0.2) is 30.5 Å². The maximum absolute atomic E-state index is 5.73. The van der Waals surface area contributed by atoms with Gasteiger partial charge in [0.25, 0.3) is 0 Å². The lowest BCUT2D eigenvalue weighted by Gasteiger charge is -2.17. The predicted molar refractivity (Wildman–Crippen MR) is 95.7 cm³/mol. The quantitative estimate of drug-likeness (QED) is 0.734. The molecule has 0 spiro atoms. The highest BCUT2D eigenvalue weighted by molar-refractivity contribution is 5.64. The molecule has 1 heterocycles. The van der Waals surface area contributed by atoms with Crippen LogP contribution < -0.4 is 4.74 Å². The fourth-order valence-corrected chi connectivity index (χ4v) is 2.73. The van der Waals surface area contributed by atoms with Gasteiger partial charge in [-0.25, -0.2) is 0 Å². The number of hydrogen-bond donors (Lipinski definition) is 0. The van der Waals surface area contributed by atoms with Crippen LogP contribution in [0.3, 0.4) is 0 Å². The van der Waals surface area contributed by atoms with E-state index in [1.165, 1.54) is 29.7 Å². The zero-order valence-corrected chi connectivity index (χ0v) is 15.0. The second-order valence-corrected chi connectivity index (χ2v) is 6.42. The Kier molecular flexibility index (Phi) is 6.22. The Hall–Kier alpha value is -1.81. The summed E-state index contributed by atoms with van der Waals surface area (Å²) in [5, 5.41) is 4.46. The number of unbranched alkanes of at least 4 members (excludes halogenated alkanes) is 1. The molecule has 0 aliphatic carbocycles. The third-order valence-corrected chi connectivity index (χ3v) is 3.85. The van der Waals surface area contributed by atoms with Crippen molar-refractivity contribution < 1.29 is 4.74 Å². The van der Waals surface area contributed by atoms with Crippen LogP contribution in [0.1, 0.15) is 39.2 Å². The first-order chi connectivity index (χ1) is 11.0. The molecular weight excluding hydrogens is 286 g/mol. The first kappa shape index (κ1) is 17.5. The number of benzene rings is 1. The molecule has 23 heavy (non-hydrogen) atoms. The van der Waals surface area contributed by atoms with E-state index in [2.05, 4.69) is 36.1 Å². The van der Waals surface area contributed by atoms with Gasteiger partial charge in [0.1, 0.15) is 5.75 Å². The van der Waals surface area contributed by atoms with Gasteiger partial charge in [-0.15, -0.1) is 0 Å². The molecule has 2 aromatic rings. The number of nitrogens with zero attached hydrogens (tertiary/aromatic N) is 3. The molecule has 0 aliphatic rings. The summed E-state index contributed by atoms with van der Waals surface area (Å²) >= 11 is 0. The molecule has 0 bridgehead atoms. The van der Waals surface area contributed by atoms with E-state index in [0.29, 0.717) is 0 Å². The van der Waals surface area contributed by atoms with E-state index in [9.17, 15) is 0 Å². The van der Waals surface area contributed by atoms with Crippen LogP contribution in [0, 0.1) is 0 Å². The summed E-state index contributed by atoms with van der Waals surface area (Å²) in [5.41, 5.74) is 3.63. The Morgan fingerprint density at radius 2 is 1.91 bits per heavy atom. The van der Waals surface area contributed by atoms with Crippen molar-refractivity contribution in [3.63, 3.8) is 0 Å². The highest BCUT2D eigenvalue weighted by atomic mass is 16.5. The van der Waals surface area contributed by atoms with Gasteiger partial charge in [-0.2, -0.15) is 5.10 Å². The van der Waals surface area contributed by atoms with Crippen LogP contribution in [0.2, 0.25) is 0 Å². The molecule has 0 radical (unpaired) electrons. The molecule has 0 saturated carbocycles. The van der Waals surface area contributed by atoms with Crippen LogP contribution in [0.25, 0.3) is 11.3 Å². The largest absolute Gasteiger partial charge is 0.491 e. The Morgan fingerprint density at radius 3 is 2.52 bits per heavy atom. The SMILES string of the molecule is CCCCN(C)Cc1cnn(C)c1-c1ccc(OC(C)C)cc1. The zero-order valence-electron chi connectivity index (χ0n) is 15.0. The van der Waals surface area contributed by atoms with Crippen LogP contribution in [-0.2, 0) is 13.6 Å². The standard InChI is InChI=1S/C19H29N3O/c1-6-7-12-21(4)14-17-13-20-22(5)19(17)16-8-10-18(11-9-16)23-15(2)3/h8-11,13,15H,6-7,12,14H2,1-5H3. The molecule has 0 N–H and O–H groups in total. The van der Waals surface area contributed by atoms with E-state index in [1.807, 2.05) is 43.9 Å². The summed E-state index contributed by atoms with van der Waals surface area (Å²) in [6, 6.07) is 8.30. The fraction of sp³-hybridized carbons (Fsp3) is 0.526. The molecule has 1 aromatic heterocycles. The smallest absolute Gasteiger partial charge is 0.119 e. The molecule has 2 rings (SSSR count). The Balaban J connectivity index is 2.17. The van der Waals surface area contributed by atoms with Crippen molar-refractivity contribution in [2.45, 2.75) is 46.3 Å². The number of rotatable bonds is 8. The molecule has 0 aliphatic heterocycles. The van der Waals surface area contributed by atoms with Crippen molar-refractivity contribution in [1.82, 2.24) is 14.7 Å². The van der Waals surface area contributed by atoms with Crippen LogP contribution >= 0.6 is 0 Å². The van der Waals surface area contributed by atoms with Gasteiger partial charge in [0.15, 0.2) is 0 Å². The van der Waals surface area contributed by atoms with Crippen LogP contribution in [0.5, 0.6) is 5.75 Å². The summed E-state index contributed by atoms with van der Waals surface area (Å²) in [7, 11) is 4.18. The molecule has 0 amide bonds. The van der Waals surface area contributed by atoms with Gasteiger partial charge in [-0.1, -0.05) is 13.3 Å². The maximum Gasteiger partial charge on any atom is 0.119 e. The van der Waals surface area contributed by atoms with E-state index in [-0.39, 0.29) is 6.10 Å². The van der Waals surface area contributed by atoms with Crippen molar-refractivity contribution in [3.05, 3.63) is 36.0 Å². The molecule has 4 heteroatoms. The minimum Gasteiger partial charge on any atom is -0.491 e. The summed E-state index contributed by atoms with van der Waals surface area (Å²) in [5.74, 6) is 0.910. The molecule has 0 unspecified atom stereocenters. The minimum absolute atomic E-state index is 0.195. The number of aryl methyl sites for hydroxylation is 1. The molecule has 0 fully saturated rings. The van der Waals surface area contributed by atoms with Crippen molar-refractivity contribution >= 4 is 0 Å². The summed E-state index contributed by atoms with van der Waals surface area (Å²) in [6.07, 6.45) is 4.63. The normalized spacial score (nSPS) is 11.4. The van der Waals surface area contributed by atoms with Gasteiger partial charge in [-0.05, 0) is 58.1 Å². The summed E-state index contributed by atoms with van der Waals surface area (Å²) in [6.45, 7) is 8.35. The van der Waals surface area contributed by atoms with Crippen molar-refractivity contribution in [2.24, 2.45) is 7.05 Å². The van der Waals surface area contributed by atoms with E-state index in [0.717, 1.165) is 18.8 Å². The molecule has 1 aromatic carbocycles. The number of aromatic nitrogens is 2. The van der Waals surface area contributed by atoms with E-state index in [1.54, 1.807) is 0 Å². The van der Waals surface area contributed by atoms with Gasteiger partial charge < -0.3 is 9.64 Å². The average Bonchev–Trinajstić information content (AvgIpc) is 2.86. The first-order valence-corrected chi connectivity index (χ1v) is 8.47. The first-order valence-electron chi connectivity index (χ1n) is 8.47. The second-order valence-electron chi connectivity index (χ2n) is 6.42. The van der Waals surface area contributed by atoms with Gasteiger partial charge in [0.05, 0.1) is 18.0 Å². The highest BCUT2D eigenvalue weighted by Gasteiger charge is 2.13. The highest BCUT2D eigenvalue weighted by Crippen LogP contribution is 2.26. The van der Waals surface area contributed by atoms with Crippen molar-refractivity contribution in [3.8, 4) is 17.0 Å². The number of hydrogen-bond acceptors (Lipinski definition) is 3. The molecule has 126 valence electrons. The Morgan fingerprint density at radius 1 is 1.22 bits per heavy atom. The summed E-state index contributed by atoms with van der Waals surface area (Å²) in [4.78, 5) is 2.36. The van der Waals surface area contributed by atoms with E-state index in [4.69, 9.17) is 4.74 Å². The molecule has 0 atom stereocenters. The second kappa shape index (κ2) is 8.16. The Labute approximate surface area is 140 Å². The van der Waals surface area contributed by atoms with Gasteiger partial charge in [0.2, 0.25) is 0 Å². The molecular formula is C19H29N3O. The molecule has 0 saturated heterocycles. The van der Waals surface area contributed by atoms with E-state index >= 15 is 0 Å². The third-order valence-electron chi connectivity index (χ3n) is 3.85. The van der Waals surface area contributed by atoms with Crippen molar-refractivity contribution in [1.29, 1.82) is 0 Å². The van der Waals surface area contributed by atoms with Gasteiger partial charge in [-0.3, -0.25) is 4.68 Å². The van der Waals surface area contributed by atoms with Crippen molar-refractivity contribution in [2.75, 3.05) is 13.6 Å². The predicted octanol–water partition coefficient (Wildman–Crippen LogP) is 4.11. The summed E-state index contributed by atoms with van der Waals surface area (Å²) < 4.78 is 7.68. The third kappa shape index (κ3) is 4.83. The fourth-order valence-electron chi connectivity index (χ4n) is 2.73. The number of ether oxygens (including phenoxy) is 1. The maximum atomic E-state index is 5.73. The van der Waals surface area contributed by atoms with Crippen LogP contribution in [-0.4, -0.2) is 34.4 Å². The Bertz CT molecular complexity index is 602. The minimum atomic E-state index is 0.195. The lowest BCUT2D eigenvalue weighted by Crippen LogP contribution is -2.19. The average molecular weight is 315 g/mol. The monoisotopic (exact) mass is 315 g/mol. The van der Waals surface area contributed by atoms with E-state index < -0.39 is 0 Å². The lowest BCUT2D eigenvalue weighted by molar-refractivity contribution is 0.242. The topological polar surface area (TPSA) is 30.3 Å². The lowest BCUT2D eigenvalue weighted by atomic mass is 10.1. The van der Waals surface area contributed by atoms with Crippen LogP contribution in [0.4, 0.5) is 0 Å². The van der Waals surface area contributed by atoms with Gasteiger partial charge >= 0.3 is 0 Å². The molecule has 4 nitrogen and oxygen atoms in total. The zero-order chi connectivity index (χ0) is 16.8.